The van der Waals surface area contributed by atoms with Gasteiger partial charge in [0.2, 0.25) is 0 Å². The summed E-state index contributed by atoms with van der Waals surface area (Å²) >= 11 is 0. The fraction of sp³-hybridized carbons (Fsp3) is 0.750. The molecule has 0 aromatic carbocycles. The first-order valence-electron chi connectivity index (χ1n) is 6.20. The Morgan fingerprint density at radius 3 is 2.63 bits per heavy atom. The van der Waals surface area contributed by atoms with E-state index in [1.54, 1.807) is 19.9 Å². The lowest BCUT2D eigenvalue weighted by Gasteiger charge is -2.39. The third-order valence-electron chi connectivity index (χ3n) is 3.05. The molecule has 0 saturated carbocycles. The van der Waals surface area contributed by atoms with Crippen LogP contribution in [0.5, 0.6) is 0 Å². The van der Waals surface area contributed by atoms with Gasteiger partial charge >= 0.3 is 0 Å². The van der Waals surface area contributed by atoms with Gasteiger partial charge < -0.3 is 10.2 Å². The van der Waals surface area contributed by atoms with Crippen LogP contribution in [0.1, 0.15) is 20.8 Å². The Labute approximate surface area is 133 Å². The SMILES string of the molecule is C=CCN=C(NCC)N1CCS(=O)(=O)C(C)(C)C1.I. The average Bonchev–Trinajstić information content (AvgIpc) is 2.28. The van der Waals surface area contributed by atoms with E-state index in [4.69, 9.17) is 0 Å². The molecule has 0 spiro atoms. The second-order valence-electron chi connectivity index (χ2n) is 4.98. The van der Waals surface area contributed by atoms with Crippen LogP contribution >= 0.6 is 24.0 Å². The minimum Gasteiger partial charge on any atom is -0.357 e. The van der Waals surface area contributed by atoms with Crippen molar-refractivity contribution in [2.75, 3.05) is 31.9 Å². The van der Waals surface area contributed by atoms with E-state index in [0.29, 0.717) is 19.6 Å². The van der Waals surface area contributed by atoms with Crippen molar-refractivity contribution in [3.05, 3.63) is 12.7 Å². The normalized spacial score (nSPS) is 21.4. The third-order valence-corrected chi connectivity index (χ3v) is 5.58. The van der Waals surface area contributed by atoms with Gasteiger partial charge in [-0.3, -0.25) is 0 Å². The van der Waals surface area contributed by atoms with E-state index in [0.717, 1.165) is 12.5 Å². The zero-order valence-corrected chi connectivity index (χ0v) is 15.0. The summed E-state index contributed by atoms with van der Waals surface area (Å²) in [5, 5.41) is 3.19. The molecule has 0 aromatic rings. The van der Waals surface area contributed by atoms with E-state index < -0.39 is 14.6 Å². The van der Waals surface area contributed by atoms with Crippen LogP contribution in [-0.4, -0.2) is 56.0 Å². The number of rotatable bonds is 3. The Balaban J connectivity index is 0.00000324. The van der Waals surface area contributed by atoms with E-state index in [1.165, 1.54) is 0 Å². The highest BCUT2D eigenvalue weighted by Crippen LogP contribution is 2.23. The largest absolute Gasteiger partial charge is 0.357 e. The van der Waals surface area contributed by atoms with Crippen LogP contribution in [0.3, 0.4) is 0 Å². The molecule has 1 aliphatic heterocycles. The zero-order chi connectivity index (χ0) is 13.8. The smallest absolute Gasteiger partial charge is 0.194 e. The molecule has 0 bridgehead atoms. The number of hydrogen-bond acceptors (Lipinski definition) is 3. The summed E-state index contributed by atoms with van der Waals surface area (Å²) in [4.78, 5) is 6.40. The molecule has 0 amide bonds. The van der Waals surface area contributed by atoms with Crippen molar-refractivity contribution in [3.8, 4) is 0 Å². The summed E-state index contributed by atoms with van der Waals surface area (Å²) < 4.78 is 23.2. The average molecular weight is 401 g/mol. The molecule has 1 heterocycles. The fourth-order valence-corrected chi connectivity index (χ4v) is 3.27. The van der Waals surface area contributed by atoms with Crippen LogP contribution in [0.2, 0.25) is 0 Å². The van der Waals surface area contributed by atoms with Gasteiger partial charge in [-0.05, 0) is 20.8 Å². The summed E-state index contributed by atoms with van der Waals surface area (Å²) in [7, 11) is -3.01. The second-order valence-corrected chi connectivity index (χ2v) is 7.73. The molecule has 1 rings (SSSR count). The molecule has 112 valence electrons. The quantitative estimate of drug-likeness (QED) is 0.335. The van der Waals surface area contributed by atoms with Crippen molar-refractivity contribution in [2.45, 2.75) is 25.5 Å². The molecular formula is C12H24IN3O2S. The zero-order valence-electron chi connectivity index (χ0n) is 11.8. The van der Waals surface area contributed by atoms with Gasteiger partial charge in [0, 0.05) is 19.6 Å². The number of guanidine groups is 1. The van der Waals surface area contributed by atoms with E-state index >= 15 is 0 Å². The molecule has 1 saturated heterocycles. The van der Waals surface area contributed by atoms with Gasteiger partial charge in [-0.1, -0.05) is 6.08 Å². The third kappa shape index (κ3) is 4.62. The standard InChI is InChI=1S/C12H23N3O2S.HI/c1-5-7-14-11(13-6-2)15-8-9-18(16,17)12(3,4)10-15;/h5H,1,6-10H2,2-4H3,(H,13,14);1H. The maximum atomic E-state index is 11.9. The van der Waals surface area contributed by atoms with Crippen LogP contribution in [-0.2, 0) is 9.84 Å². The van der Waals surface area contributed by atoms with E-state index in [1.807, 2.05) is 11.8 Å². The Kier molecular flexibility index (Phi) is 7.34. The molecule has 1 fully saturated rings. The number of hydrogen-bond donors (Lipinski definition) is 1. The molecule has 19 heavy (non-hydrogen) atoms. The maximum Gasteiger partial charge on any atom is 0.194 e. The summed E-state index contributed by atoms with van der Waals surface area (Å²) in [6, 6.07) is 0. The van der Waals surface area contributed by atoms with Gasteiger partial charge in [-0.25, -0.2) is 13.4 Å². The molecule has 7 heteroatoms. The Morgan fingerprint density at radius 1 is 1.53 bits per heavy atom. The van der Waals surface area contributed by atoms with E-state index in [-0.39, 0.29) is 29.7 Å². The van der Waals surface area contributed by atoms with Crippen molar-refractivity contribution in [3.63, 3.8) is 0 Å². The van der Waals surface area contributed by atoms with Gasteiger partial charge in [0.1, 0.15) is 0 Å². The molecular weight excluding hydrogens is 377 g/mol. The summed E-state index contributed by atoms with van der Waals surface area (Å²) in [5.74, 6) is 0.943. The van der Waals surface area contributed by atoms with E-state index in [9.17, 15) is 8.42 Å². The summed E-state index contributed by atoms with van der Waals surface area (Å²) in [5.41, 5.74) is 0. The van der Waals surface area contributed by atoms with Gasteiger partial charge in [-0.2, -0.15) is 0 Å². The van der Waals surface area contributed by atoms with Crippen molar-refractivity contribution in [1.29, 1.82) is 0 Å². The van der Waals surface area contributed by atoms with Crippen LogP contribution < -0.4 is 5.32 Å². The maximum absolute atomic E-state index is 11.9. The highest BCUT2D eigenvalue weighted by Gasteiger charge is 2.40. The highest BCUT2D eigenvalue weighted by molar-refractivity contribution is 14.0. The number of aliphatic imine (C=N–C) groups is 1. The van der Waals surface area contributed by atoms with E-state index in [2.05, 4.69) is 16.9 Å². The first-order valence-corrected chi connectivity index (χ1v) is 7.86. The Hall–Kier alpha value is -0.310. The molecule has 0 unspecified atom stereocenters. The first-order chi connectivity index (χ1) is 8.34. The molecule has 0 aromatic heterocycles. The molecule has 0 radical (unpaired) electrons. The van der Waals surface area contributed by atoms with Crippen molar-refractivity contribution in [2.24, 2.45) is 4.99 Å². The van der Waals surface area contributed by atoms with Gasteiger partial charge in [0.15, 0.2) is 15.8 Å². The number of sulfone groups is 1. The molecule has 0 atom stereocenters. The van der Waals surface area contributed by atoms with Gasteiger partial charge in [0.05, 0.1) is 17.0 Å². The van der Waals surface area contributed by atoms with Crippen molar-refractivity contribution in [1.82, 2.24) is 10.2 Å². The fourth-order valence-electron chi connectivity index (χ4n) is 1.90. The molecule has 1 aliphatic rings. The monoisotopic (exact) mass is 401 g/mol. The molecule has 1 N–H and O–H groups in total. The van der Waals surface area contributed by atoms with Crippen LogP contribution in [0.4, 0.5) is 0 Å². The first kappa shape index (κ1) is 18.7. The van der Waals surface area contributed by atoms with Crippen LogP contribution in [0.25, 0.3) is 0 Å². The minimum atomic E-state index is -3.01. The van der Waals surface area contributed by atoms with Crippen molar-refractivity contribution < 1.29 is 8.42 Å². The highest BCUT2D eigenvalue weighted by atomic mass is 127. The number of nitrogens with one attached hydrogen (secondary N) is 1. The molecule has 0 aliphatic carbocycles. The van der Waals surface area contributed by atoms with Crippen LogP contribution in [0, 0.1) is 0 Å². The lowest BCUT2D eigenvalue weighted by Crippen LogP contribution is -2.57. The lowest BCUT2D eigenvalue weighted by atomic mass is 10.2. The lowest BCUT2D eigenvalue weighted by molar-refractivity contribution is 0.354. The number of nitrogens with zero attached hydrogens (tertiary/aromatic N) is 2. The second kappa shape index (κ2) is 7.47. The topological polar surface area (TPSA) is 61.8 Å². The predicted molar refractivity (Wildman–Crippen MR) is 91.0 cm³/mol. The molecule has 5 nitrogen and oxygen atoms in total. The van der Waals surface area contributed by atoms with Gasteiger partial charge in [-0.15, -0.1) is 30.6 Å². The summed E-state index contributed by atoms with van der Waals surface area (Å²) in [6.45, 7) is 11.4. The predicted octanol–water partition coefficient (Wildman–Crippen LogP) is 1.26. The van der Waals surface area contributed by atoms with Gasteiger partial charge in [0.25, 0.3) is 0 Å². The van der Waals surface area contributed by atoms with Crippen LogP contribution in [0.15, 0.2) is 17.6 Å². The Morgan fingerprint density at radius 2 is 2.16 bits per heavy atom. The summed E-state index contributed by atoms with van der Waals surface area (Å²) in [6.07, 6.45) is 1.73. The van der Waals surface area contributed by atoms with Crippen molar-refractivity contribution >= 4 is 39.8 Å². The number of halogens is 1. The Bertz CT molecular complexity index is 432. The minimum absolute atomic E-state index is 0.